The van der Waals surface area contributed by atoms with Gasteiger partial charge in [-0.15, -0.1) is 0 Å². The lowest BCUT2D eigenvalue weighted by atomic mass is 9.93. The maximum Gasteiger partial charge on any atom is 0.251 e. The van der Waals surface area contributed by atoms with Gasteiger partial charge >= 0.3 is 0 Å². The molecular weight excluding hydrogens is 228 g/mol. The number of hydrogen-bond donors (Lipinski definition) is 2. The van der Waals surface area contributed by atoms with E-state index >= 15 is 0 Å². The lowest BCUT2D eigenvalue weighted by molar-refractivity contribution is 0.198. The summed E-state index contributed by atoms with van der Waals surface area (Å²) in [6.45, 7) is 11.1. The van der Waals surface area contributed by atoms with Crippen LogP contribution in [0.5, 0.6) is 0 Å². The van der Waals surface area contributed by atoms with Crippen molar-refractivity contribution >= 4 is 0 Å². The molecule has 100 valence electrons. The maximum absolute atomic E-state index is 11.4. The van der Waals surface area contributed by atoms with Crippen LogP contribution >= 0.6 is 0 Å². The molecule has 1 saturated heterocycles. The van der Waals surface area contributed by atoms with Crippen molar-refractivity contribution in [2.75, 3.05) is 26.2 Å². The van der Waals surface area contributed by atoms with Gasteiger partial charge in [-0.05, 0) is 12.3 Å². The second-order valence-corrected chi connectivity index (χ2v) is 5.87. The van der Waals surface area contributed by atoms with Crippen molar-refractivity contribution in [1.29, 1.82) is 0 Å². The highest BCUT2D eigenvalue weighted by Crippen LogP contribution is 2.18. The van der Waals surface area contributed by atoms with E-state index in [1.165, 1.54) is 0 Å². The van der Waals surface area contributed by atoms with Crippen LogP contribution in [0.1, 0.15) is 25.4 Å². The van der Waals surface area contributed by atoms with Gasteiger partial charge in [-0.3, -0.25) is 9.69 Å². The Kier molecular flexibility index (Phi) is 3.82. The summed E-state index contributed by atoms with van der Waals surface area (Å²) in [6, 6.07) is 1.60. The summed E-state index contributed by atoms with van der Waals surface area (Å²) >= 11 is 0. The molecule has 5 heteroatoms. The van der Waals surface area contributed by atoms with E-state index in [0.717, 1.165) is 38.4 Å². The number of aryl methyl sites for hydroxylation is 1. The second-order valence-electron chi connectivity index (χ2n) is 5.87. The van der Waals surface area contributed by atoms with Crippen LogP contribution in [-0.2, 0) is 6.54 Å². The molecule has 5 nitrogen and oxygen atoms in total. The zero-order valence-corrected chi connectivity index (χ0v) is 11.4. The summed E-state index contributed by atoms with van der Waals surface area (Å²) in [7, 11) is 0. The molecule has 0 atom stereocenters. The van der Waals surface area contributed by atoms with Crippen LogP contribution in [0.25, 0.3) is 0 Å². The molecule has 1 aliphatic rings. The Morgan fingerprint density at radius 2 is 2.28 bits per heavy atom. The quantitative estimate of drug-likeness (QED) is 0.803. The van der Waals surface area contributed by atoms with Crippen molar-refractivity contribution in [3.63, 3.8) is 0 Å². The van der Waals surface area contributed by atoms with E-state index in [1.807, 2.05) is 6.92 Å². The van der Waals surface area contributed by atoms with E-state index in [-0.39, 0.29) is 11.0 Å². The number of aromatic amines is 1. The molecular formula is C13H22N4O. The number of nitrogens with one attached hydrogen (secondary N) is 2. The highest BCUT2D eigenvalue weighted by atomic mass is 16.1. The van der Waals surface area contributed by atoms with Gasteiger partial charge in [0.2, 0.25) is 0 Å². The van der Waals surface area contributed by atoms with Crippen LogP contribution in [0.15, 0.2) is 10.9 Å². The first kappa shape index (κ1) is 13.2. The second kappa shape index (κ2) is 5.20. The van der Waals surface area contributed by atoms with Crippen LogP contribution in [0, 0.1) is 12.3 Å². The minimum atomic E-state index is -0.0651. The average Bonchev–Trinajstić information content (AvgIpc) is 2.37. The fraction of sp³-hybridized carbons (Fsp3) is 0.692. The molecule has 2 N–H and O–H groups in total. The summed E-state index contributed by atoms with van der Waals surface area (Å²) in [4.78, 5) is 20.9. The number of nitrogens with zero attached hydrogens (tertiary/aromatic N) is 2. The highest BCUT2D eigenvalue weighted by molar-refractivity contribution is 5.02. The fourth-order valence-corrected chi connectivity index (χ4v) is 2.49. The first-order valence-electron chi connectivity index (χ1n) is 6.45. The molecule has 2 rings (SSSR count). The van der Waals surface area contributed by atoms with E-state index in [4.69, 9.17) is 0 Å². The van der Waals surface area contributed by atoms with E-state index in [9.17, 15) is 4.79 Å². The van der Waals surface area contributed by atoms with Crippen molar-refractivity contribution < 1.29 is 0 Å². The number of hydrogen-bond acceptors (Lipinski definition) is 4. The van der Waals surface area contributed by atoms with Crippen LogP contribution in [0.4, 0.5) is 0 Å². The van der Waals surface area contributed by atoms with Crippen molar-refractivity contribution in [1.82, 2.24) is 20.2 Å². The summed E-state index contributed by atoms with van der Waals surface area (Å²) < 4.78 is 0. The van der Waals surface area contributed by atoms with Gasteiger partial charge in [0.1, 0.15) is 5.82 Å². The van der Waals surface area contributed by atoms with Crippen molar-refractivity contribution in [3.05, 3.63) is 27.9 Å². The Bertz CT molecular complexity index is 466. The largest absolute Gasteiger partial charge is 0.315 e. The number of H-pyrrole nitrogens is 1. The molecule has 2 heterocycles. The molecule has 0 amide bonds. The molecule has 0 saturated carbocycles. The monoisotopic (exact) mass is 250 g/mol. The maximum atomic E-state index is 11.4. The standard InChI is InChI=1S/C13H22N4O/c1-10-15-11(6-12(18)16-10)7-17-5-4-14-8-13(2,3)9-17/h6,14H,4-5,7-9H2,1-3H3,(H,15,16,18). The Labute approximate surface area is 108 Å². The Hall–Kier alpha value is -1.20. The summed E-state index contributed by atoms with van der Waals surface area (Å²) in [5, 5.41) is 3.45. The van der Waals surface area contributed by atoms with Gasteiger partial charge in [0.15, 0.2) is 0 Å². The summed E-state index contributed by atoms with van der Waals surface area (Å²) in [5.74, 6) is 0.685. The molecule has 1 aliphatic heterocycles. The Morgan fingerprint density at radius 1 is 1.50 bits per heavy atom. The van der Waals surface area contributed by atoms with Gasteiger partial charge in [-0.1, -0.05) is 13.8 Å². The Balaban J connectivity index is 2.10. The van der Waals surface area contributed by atoms with E-state index < -0.39 is 0 Å². The van der Waals surface area contributed by atoms with Gasteiger partial charge in [0, 0.05) is 38.8 Å². The van der Waals surface area contributed by atoms with Gasteiger partial charge in [-0.25, -0.2) is 4.98 Å². The highest BCUT2D eigenvalue weighted by Gasteiger charge is 2.24. The van der Waals surface area contributed by atoms with Crippen LogP contribution in [-0.4, -0.2) is 41.0 Å². The molecule has 0 aliphatic carbocycles. The molecule has 1 aromatic heterocycles. The average molecular weight is 250 g/mol. The van der Waals surface area contributed by atoms with Gasteiger partial charge < -0.3 is 10.3 Å². The lowest BCUT2D eigenvalue weighted by Gasteiger charge is -2.28. The predicted molar refractivity (Wildman–Crippen MR) is 71.5 cm³/mol. The van der Waals surface area contributed by atoms with Crippen molar-refractivity contribution in [2.24, 2.45) is 5.41 Å². The Morgan fingerprint density at radius 3 is 3.00 bits per heavy atom. The van der Waals surface area contributed by atoms with Crippen molar-refractivity contribution in [3.8, 4) is 0 Å². The van der Waals surface area contributed by atoms with Crippen LogP contribution < -0.4 is 10.9 Å². The predicted octanol–water partition coefficient (Wildman–Crippen LogP) is 0.510. The molecule has 0 bridgehead atoms. The topological polar surface area (TPSA) is 61.0 Å². The number of rotatable bonds is 2. The van der Waals surface area contributed by atoms with E-state index in [2.05, 4.69) is 34.0 Å². The van der Waals surface area contributed by atoms with Gasteiger partial charge in [-0.2, -0.15) is 0 Å². The van der Waals surface area contributed by atoms with Gasteiger partial charge in [0.25, 0.3) is 5.56 Å². The molecule has 0 unspecified atom stereocenters. The minimum Gasteiger partial charge on any atom is -0.315 e. The van der Waals surface area contributed by atoms with Crippen LogP contribution in [0.3, 0.4) is 0 Å². The van der Waals surface area contributed by atoms with Crippen molar-refractivity contribution in [2.45, 2.75) is 27.3 Å². The summed E-state index contributed by atoms with van der Waals surface area (Å²) in [5.41, 5.74) is 1.05. The first-order valence-corrected chi connectivity index (χ1v) is 6.45. The number of aromatic nitrogens is 2. The smallest absolute Gasteiger partial charge is 0.251 e. The fourth-order valence-electron chi connectivity index (χ4n) is 2.49. The summed E-state index contributed by atoms with van der Waals surface area (Å²) in [6.07, 6.45) is 0. The van der Waals surface area contributed by atoms with E-state index in [0.29, 0.717) is 5.82 Å². The molecule has 18 heavy (non-hydrogen) atoms. The first-order chi connectivity index (χ1) is 8.44. The van der Waals surface area contributed by atoms with Gasteiger partial charge in [0.05, 0.1) is 5.69 Å². The lowest BCUT2D eigenvalue weighted by Crippen LogP contribution is -2.35. The zero-order valence-electron chi connectivity index (χ0n) is 11.4. The third kappa shape index (κ3) is 3.65. The van der Waals surface area contributed by atoms with E-state index in [1.54, 1.807) is 6.07 Å². The normalized spacial score (nSPS) is 20.6. The molecule has 0 spiro atoms. The molecule has 0 radical (unpaired) electrons. The molecule has 1 fully saturated rings. The molecule has 0 aromatic carbocycles. The van der Waals surface area contributed by atoms with Crippen LogP contribution in [0.2, 0.25) is 0 Å². The SMILES string of the molecule is Cc1nc(CN2CCNCC(C)(C)C2)cc(=O)[nH]1. The third-order valence-electron chi connectivity index (χ3n) is 3.16. The third-order valence-corrected chi connectivity index (χ3v) is 3.16. The zero-order chi connectivity index (χ0) is 13.2. The minimum absolute atomic E-state index is 0.0651. The molecule has 1 aromatic rings.